The van der Waals surface area contributed by atoms with E-state index in [0.29, 0.717) is 17.3 Å². The Morgan fingerprint density at radius 3 is 2.52 bits per heavy atom. The Kier molecular flexibility index (Phi) is 7.11. The van der Waals surface area contributed by atoms with Crippen LogP contribution in [0.5, 0.6) is 0 Å². The molecule has 0 saturated heterocycles. The van der Waals surface area contributed by atoms with Crippen molar-refractivity contribution in [1.82, 2.24) is 4.57 Å². The lowest BCUT2D eigenvalue weighted by atomic mass is 10.1. The van der Waals surface area contributed by atoms with Gasteiger partial charge in [0, 0.05) is 41.1 Å². The number of esters is 1. The SMILES string of the molecule is COC(=O)c1cc(Sc2ccc(Cl)cc2)c2ccn(COCC[Si](C)(C)C)c2c1. The monoisotopic (exact) mass is 447 g/mol. The molecule has 154 valence electrons. The number of rotatable bonds is 8. The van der Waals surface area contributed by atoms with Gasteiger partial charge in [0.2, 0.25) is 0 Å². The first-order valence-electron chi connectivity index (χ1n) is 9.49. The van der Waals surface area contributed by atoms with E-state index in [2.05, 4.69) is 25.7 Å². The number of carbonyl (C=O) groups excluding carboxylic acids is 1. The molecule has 0 atom stereocenters. The molecule has 0 amide bonds. The van der Waals surface area contributed by atoms with Gasteiger partial charge in [-0.2, -0.15) is 0 Å². The van der Waals surface area contributed by atoms with Gasteiger partial charge in [0.25, 0.3) is 0 Å². The molecule has 1 aromatic heterocycles. The maximum atomic E-state index is 12.2. The summed E-state index contributed by atoms with van der Waals surface area (Å²) in [7, 11) is 0.274. The molecule has 0 aliphatic rings. The molecule has 0 unspecified atom stereocenters. The summed E-state index contributed by atoms with van der Waals surface area (Å²) in [4.78, 5) is 14.3. The highest BCUT2D eigenvalue weighted by Gasteiger charge is 2.15. The van der Waals surface area contributed by atoms with E-state index in [1.807, 2.05) is 47.2 Å². The maximum absolute atomic E-state index is 12.2. The van der Waals surface area contributed by atoms with Gasteiger partial charge in [-0.1, -0.05) is 43.0 Å². The highest BCUT2D eigenvalue weighted by molar-refractivity contribution is 7.99. The van der Waals surface area contributed by atoms with E-state index in [1.54, 1.807) is 11.8 Å². The first-order chi connectivity index (χ1) is 13.8. The zero-order valence-electron chi connectivity index (χ0n) is 17.2. The van der Waals surface area contributed by atoms with Crippen LogP contribution in [0, 0.1) is 0 Å². The van der Waals surface area contributed by atoms with E-state index < -0.39 is 8.07 Å². The number of hydrogen-bond donors (Lipinski definition) is 0. The topological polar surface area (TPSA) is 40.5 Å². The fraction of sp³-hybridized carbons (Fsp3) is 0.318. The third-order valence-electron chi connectivity index (χ3n) is 4.54. The van der Waals surface area contributed by atoms with Crippen molar-refractivity contribution in [3.8, 4) is 0 Å². The number of hydrogen-bond acceptors (Lipinski definition) is 4. The minimum absolute atomic E-state index is 0.350. The molecule has 0 bridgehead atoms. The molecule has 3 rings (SSSR count). The van der Waals surface area contributed by atoms with Crippen molar-refractivity contribution in [3.05, 3.63) is 59.2 Å². The van der Waals surface area contributed by atoms with Gasteiger partial charge in [-0.25, -0.2) is 4.79 Å². The zero-order chi connectivity index (χ0) is 21.0. The summed E-state index contributed by atoms with van der Waals surface area (Å²) in [5.41, 5.74) is 1.48. The van der Waals surface area contributed by atoms with Crippen molar-refractivity contribution in [2.24, 2.45) is 0 Å². The second-order valence-corrected chi connectivity index (χ2v) is 15.3. The van der Waals surface area contributed by atoms with E-state index in [4.69, 9.17) is 21.1 Å². The van der Waals surface area contributed by atoms with Gasteiger partial charge in [-0.15, -0.1) is 0 Å². The van der Waals surface area contributed by atoms with Crippen LogP contribution in [0.2, 0.25) is 30.7 Å². The van der Waals surface area contributed by atoms with Gasteiger partial charge >= 0.3 is 5.97 Å². The molecular weight excluding hydrogens is 422 g/mol. The highest BCUT2D eigenvalue weighted by atomic mass is 35.5. The smallest absolute Gasteiger partial charge is 0.337 e. The van der Waals surface area contributed by atoms with E-state index >= 15 is 0 Å². The van der Waals surface area contributed by atoms with Crippen molar-refractivity contribution in [2.45, 2.75) is 42.2 Å². The summed E-state index contributed by atoms with van der Waals surface area (Å²) < 4.78 is 12.9. The van der Waals surface area contributed by atoms with Crippen LogP contribution < -0.4 is 0 Å². The number of nitrogens with zero attached hydrogens (tertiary/aromatic N) is 1. The Hall–Kier alpha value is -1.73. The lowest BCUT2D eigenvalue weighted by Gasteiger charge is -2.16. The van der Waals surface area contributed by atoms with Crippen molar-refractivity contribution in [1.29, 1.82) is 0 Å². The van der Waals surface area contributed by atoms with Gasteiger partial charge in [-0.05, 0) is 48.5 Å². The minimum atomic E-state index is -1.13. The fourth-order valence-electron chi connectivity index (χ4n) is 2.87. The van der Waals surface area contributed by atoms with Crippen LogP contribution in [0.4, 0.5) is 0 Å². The van der Waals surface area contributed by atoms with Gasteiger partial charge in [0.1, 0.15) is 6.73 Å². The highest BCUT2D eigenvalue weighted by Crippen LogP contribution is 2.36. The number of fused-ring (bicyclic) bond motifs is 1. The Morgan fingerprint density at radius 1 is 1.14 bits per heavy atom. The summed E-state index contributed by atoms with van der Waals surface area (Å²) in [6.07, 6.45) is 2.01. The third kappa shape index (κ3) is 5.89. The van der Waals surface area contributed by atoms with Crippen molar-refractivity contribution < 1.29 is 14.3 Å². The van der Waals surface area contributed by atoms with Gasteiger partial charge in [0.05, 0.1) is 18.2 Å². The molecule has 0 saturated carbocycles. The van der Waals surface area contributed by atoms with Gasteiger partial charge in [0.15, 0.2) is 0 Å². The Labute approximate surface area is 182 Å². The zero-order valence-corrected chi connectivity index (χ0v) is 19.8. The van der Waals surface area contributed by atoms with Crippen LogP contribution in [-0.4, -0.2) is 32.3 Å². The summed E-state index contributed by atoms with van der Waals surface area (Å²) >= 11 is 7.60. The van der Waals surface area contributed by atoms with Crippen LogP contribution in [-0.2, 0) is 16.2 Å². The first kappa shape index (κ1) is 22.0. The van der Waals surface area contributed by atoms with Crippen LogP contribution in [0.3, 0.4) is 0 Å². The standard InChI is InChI=1S/C22H26ClNO3SSi/c1-26-22(25)16-13-20-19(9-10-24(20)15-27-11-12-29(2,3)4)21(14-16)28-18-7-5-17(23)6-8-18/h5-10,13-14H,11-12,15H2,1-4H3. The van der Waals surface area contributed by atoms with Crippen LogP contribution in [0.25, 0.3) is 10.9 Å². The number of aromatic nitrogens is 1. The summed E-state index contributed by atoms with van der Waals surface area (Å²) in [5, 5.41) is 1.77. The number of benzene rings is 2. The van der Waals surface area contributed by atoms with E-state index in [1.165, 1.54) is 7.11 Å². The average molecular weight is 448 g/mol. The maximum Gasteiger partial charge on any atom is 0.337 e. The molecule has 1 heterocycles. The van der Waals surface area contributed by atoms with Crippen molar-refractivity contribution in [2.75, 3.05) is 13.7 Å². The molecule has 0 spiro atoms. The second-order valence-electron chi connectivity index (χ2n) is 8.09. The van der Waals surface area contributed by atoms with Gasteiger partial charge < -0.3 is 14.0 Å². The lowest BCUT2D eigenvalue weighted by molar-refractivity contribution is 0.0600. The molecule has 3 aromatic rings. The largest absolute Gasteiger partial charge is 0.465 e. The van der Waals surface area contributed by atoms with Crippen molar-refractivity contribution >= 4 is 48.3 Å². The van der Waals surface area contributed by atoms with Gasteiger partial charge in [-0.3, -0.25) is 0 Å². The van der Waals surface area contributed by atoms with E-state index in [0.717, 1.165) is 33.3 Å². The fourth-order valence-corrected chi connectivity index (χ4v) is 4.74. The molecule has 4 nitrogen and oxygen atoms in total. The summed E-state index contributed by atoms with van der Waals surface area (Å²) in [5.74, 6) is -0.350. The molecule has 29 heavy (non-hydrogen) atoms. The lowest BCUT2D eigenvalue weighted by Crippen LogP contribution is -2.21. The summed E-state index contributed by atoms with van der Waals surface area (Å²) in [6.45, 7) is 8.22. The first-order valence-corrected chi connectivity index (χ1v) is 14.4. The Morgan fingerprint density at radius 2 is 1.86 bits per heavy atom. The molecule has 7 heteroatoms. The average Bonchev–Trinajstić information content (AvgIpc) is 3.09. The predicted molar refractivity (Wildman–Crippen MR) is 123 cm³/mol. The minimum Gasteiger partial charge on any atom is -0.465 e. The van der Waals surface area contributed by atoms with E-state index in [-0.39, 0.29) is 5.97 Å². The van der Waals surface area contributed by atoms with Crippen LogP contribution in [0.15, 0.2) is 58.5 Å². The molecule has 0 aliphatic heterocycles. The van der Waals surface area contributed by atoms with Crippen molar-refractivity contribution in [3.63, 3.8) is 0 Å². The molecule has 0 radical (unpaired) electrons. The number of halogens is 1. The molecule has 0 aliphatic carbocycles. The Bertz CT molecular complexity index is 996. The van der Waals surface area contributed by atoms with Crippen LogP contribution >= 0.6 is 23.4 Å². The quantitative estimate of drug-likeness (QED) is 0.223. The number of carbonyl (C=O) groups is 1. The number of ether oxygens (including phenoxy) is 2. The van der Waals surface area contributed by atoms with E-state index in [9.17, 15) is 4.79 Å². The number of methoxy groups -OCH3 is 1. The molecule has 0 fully saturated rings. The third-order valence-corrected chi connectivity index (χ3v) is 7.56. The molecule has 2 aromatic carbocycles. The normalized spacial score (nSPS) is 11.8. The van der Waals surface area contributed by atoms with Crippen LogP contribution in [0.1, 0.15) is 10.4 Å². The molecular formula is C22H26ClNO3SSi. The molecule has 0 N–H and O–H groups in total. The summed E-state index contributed by atoms with van der Waals surface area (Å²) in [6, 6.07) is 14.6. The second kappa shape index (κ2) is 9.39. The predicted octanol–water partition coefficient (Wildman–Crippen LogP) is 6.54. The Balaban J connectivity index is 1.90.